The Kier molecular flexibility index (Phi) is 12.3. The van der Waals surface area contributed by atoms with Crippen LogP contribution in [0.15, 0.2) is 67.0 Å². The number of carbonyl (C=O) groups is 3. The predicted molar refractivity (Wildman–Crippen MR) is 217 cm³/mol. The molecular weight excluding hydrogens is 788 g/mol. The second kappa shape index (κ2) is 17.4. The zero-order chi connectivity index (χ0) is 42.9. The Balaban J connectivity index is 1.03. The van der Waals surface area contributed by atoms with E-state index in [4.69, 9.17) is 5.11 Å². The quantitative estimate of drug-likeness (QED) is 0.183. The van der Waals surface area contributed by atoms with Crippen LogP contribution in [0.2, 0.25) is 0 Å². The number of hydrogen-bond donors (Lipinski definition) is 2. The molecule has 12 nitrogen and oxygen atoms in total. The first-order valence-corrected chi connectivity index (χ1v) is 20.0. The van der Waals surface area contributed by atoms with Gasteiger partial charge < -0.3 is 30.0 Å². The molecule has 17 heteroatoms. The molecule has 0 unspecified atom stereocenters. The number of piperidine rings is 1. The van der Waals surface area contributed by atoms with E-state index in [2.05, 4.69) is 25.1 Å². The molecule has 2 atom stereocenters. The highest BCUT2D eigenvalue weighted by molar-refractivity contribution is 6.07. The molecule has 4 aromatic rings. The molecule has 0 spiro atoms. The SMILES string of the molecule is C[C@@H]1CN(c2cc(F)c(-c3cnc(N4CCN(C(=O)C5CCN(c6ccc(CC(=O)O)cc6)CC5)CC4)nc3)cc2NC(=O)c2ccc(F)cc2C(F)(F)F)C[C@H](C)N1C. The minimum Gasteiger partial charge on any atom is -0.481 e. The molecule has 2 amide bonds. The molecule has 2 N–H and O–H groups in total. The van der Waals surface area contributed by atoms with E-state index in [-0.39, 0.29) is 58.9 Å². The first-order chi connectivity index (χ1) is 28.5. The normalized spacial score (nSPS) is 19.4. The molecule has 7 rings (SSSR count). The first kappa shape index (κ1) is 42.3. The number of nitrogens with zero attached hydrogens (tertiary/aromatic N) is 7. The molecule has 3 aliphatic rings. The fraction of sp³-hybridized carbons (Fsp3) is 0.419. The Hall–Kier alpha value is -5.84. The topological polar surface area (TPSA) is 125 Å². The Morgan fingerprint density at radius 2 is 1.45 bits per heavy atom. The second-order valence-electron chi connectivity index (χ2n) is 15.8. The number of aliphatic carboxylic acids is 1. The maximum Gasteiger partial charge on any atom is 0.417 e. The molecule has 1 aromatic heterocycles. The van der Waals surface area contributed by atoms with Crippen molar-refractivity contribution >= 4 is 40.8 Å². The Labute approximate surface area is 344 Å². The molecule has 3 fully saturated rings. The van der Waals surface area contributed by atoms with Crippen LogP contribution in [-0.4, -0.2) is 114 Å². The summed E-state index contributed by atoms with van der Waals surface area (Å²) < 4.78 is 71.7. The fourth-order valence-electron chi connectivity index (χ4n) is 8.28. The summed E-state index contributed by atoms with van der Waals surface area (Å²) in [5, 5.41) is 11.6. The highest BCUT2D eigenvalue weighted by Gasteiger charge is 2.37. The third-order valence-corrected chi connectivity index (χ3v) is 11.9. The van der Waals surface area contributed by atoms with Crippen LogP contribution in [0.3, 0.4) is 0 Å². The molecular formula is C43H47F5N8O4. The van der Waals surface area contributed by atoms with Crippen LogP contribution in [0.25, 0.3) is 11.1 Å². The standard InChI is InChI=1S/C43H47F5N8O4/c1-26-24-56(25-27(2)52(26)3)38-21-36(45)34(20-37(38)51-40(59)33-9-6-31(44)19-35(33)43(46,47)48)30-22-49-42(50-23-30)55-16-14-54(15-17-55)41(60)29-10-12-53(13-11-29)32-7-4-28(5-8-32)18-39(57)58/h4-9,19-23,26-27,29H,10-18,24-25H2,1-3H3,(H,51,59)(H,57,58)/t26-,27+. The van der Waals surface area contributed by atoms with E-state index in [1.165, 1.54) is 24.5 Å². The fourth-order valence-corrected chi connectivity index (χ4v) is 8.28. The molecule has 0 saturated carbocycles. The summed E-state index contributed by atoms with van der Waals surface area (Å²) in [5.74, 6) is -3.41. The van der Waals surface area contributed by atoms with Gasteiger partial charge in [0.25, 0.3) is 5.91 Å². The lowest BCUT2D eigenvalue weighted by molar-refractivity contribution is -0.138. The number of alkyl halides is 3. The van der Waals surface area contributed by atoms with Crippen LogP contribution in [0.1, 0.15) is 48.2 Å². The summed E-state index contributed by atoms with van der Waals surface area (Å²) in [6.45, 7) is 8.25. The number of anilines is 4. The molecule has 3 aliphatic heterocycles. The average Bonchev–Trinajstić information content (AvgIpc) is 3.23. The zero-order valence-corrected chi connectivity index (χ0v) is 33.6. The third kappa shape index (κ3) is 9.30. The van der Waals surface area contributed by atoms with Crippen LogP contribution >= 0.6 is 0 Å². The van der Waals surface area contributed by atoms with Crippen LogP contribution in [0, 0.1) is 17.6 Å². The van der Waals surface area contributed by atoms with Gasteiger partial charge in [-0.3, -0.25) is 19.3 Å². The highest BCUT2D eigenvalue weighted by atomic mass is 19.4. The minimum absolute atomic E-state index is 0.0163. The number of carbonyl (C=O) groups excluding carboxylic acids is 2. The van der Waals surface area contributed by atoms with E-state index in [0.717, 1.165) is 23.4 Å². The maximum atomic E-state index is 16.1. The van der Waals surface area contributed by atoms with E-state index in [0.29, 0.717) is 71.1 Å². The van der Waals surface area contributed by atoms with Crippen molar-refractivity contribution in [2.45, 2.75) is 51.4 Å². The highest BCUT2D eigenvalue weighted by Crippen LogP contribution is 2.38. The van der Waals surface area contributed by atoms with Gasteiger partial charge in [-0.1, -0.05) is 12.1 Å². The number of nitrogens with one attached hydrogen (secondary N) is 1. The Bertz CT molecular complexity index is 2200. The van der Waals surface area contributed by atoms with Crippen LogP contribution in [0.5, 0.6) is 0 Å². The van der Waals surface area contributed by atoms with Gasteiger partial charge in [0.05, 0.1) is 28.9 Å². The molecule has 3 saturated heterocycles. The van der Waals surface area contributed by atoms with Crippen molar-refractivity contribution < 1.29 is 41.4 Å². The average molecular weight is 835 g/mol. The van der Waals surface area contributed by atoms with E-state index in [9.17, 15) is 31.9 Å². The molecule has 3 aromatic carbocycles. The number of piperazine rings is 2. The molecule has 4 heterocycles. The molecule has 60 heavy (non-hydrogen) atoms. The molecule has 0 bridgehead atoms. The van der Waals surface area contributed by atoms with Crippen molar-refractivity contribution in [2.75, 3.05) is 79.4 Å². The van der Waals surface area contributed by atoms with E-state index in [1.54, 1.807) is 0 Å². The van der Waals surface area contributed by atoms with Gasteiger partial charge >= 0.3 is 12.1 Å². The first-order valence-electron chi connectivity index (χ1n) is 20.0. The number of likely N-dealkylation sites (N-methyl/N-ethyl adjacent to an activating group) is 1. The third-order valence-electron chi connectivity index (χ3n) is 11.9. The Morgan fingerprint density at radius 3 is 2.05 bits per heavy atom. The number of hydrogen-bond acceptors (Lipinski definition) is 9. The summed E-state index contributed by atoms with van der Waals surface area (Å²) in [7, 11) is 1.97. The number of rotatable bonds is 9. The van der Waals surface area contributed by atoms with Gasteiger partial charge in [0.1, 0.15) is 11.6 Å². The number of benzene rings is 3. The summed E-state index contributed by atoms with van der Waals surface area (Å²) in [5.41, 5.74) is 0.169. The number of halogens is 5. The van der Waals surface area contributed by atoms with Crippen LogP contribution in [0.4, 0.5) is 45.0 Å². The van der Waals surface area contributed by atoms with Crippen molar-refractivity contribution in [3.05, 3.63) is 95.3 Å². The molecule has 0 radical (unpaired) electrons. The second-order valence-corrected chi connectivity index (χ2v) is 15.8. The van der Waals surface area contributed by atoms with Gasteiger partial charge in [-0.15, -0.1) is 0 Å². The zero-order valence-electron chi connectivity index (χ0n) is 33.6. The van der Waals surface area contributed by atoms with Gasteiger partial charge in [0, 0.05) is 99.6 Å². The lowest BCUT2D eigenvalue weighted by Crippen LogP contribution is -2.55. The summed E-state index contributed by atoms with van der Waals surface area (Å²) in [6.07, 6.45) is -0.734. The summed E-state index contributed by atoms with van der Waals surface area (Å²) in [4.78, 5) is 57.1. The molecule has 318 valence electrons. The van der Waals surface area contributed by atoms with E-state index < -0.39 is 40.8 Å². The smallest absolute Gasteiger partial charge is 0.417 e. The van der Waals surface area contributed by atoms with Crippen molar-refractivity contribution in [3.8, 4) is 11.1 Å². The summed E-state index contributed by atoms with van der Waals surface area (Å²) >= 11 is 0. The van der Waals surface area contributed by atoms with Gasteiger partial charge in [0.2, 0.25) is 11.9 Å². The molecule has 0 aliphatic carbocycles. The number of aromatic nitrogens is 2. The predicted octanol–water partition coefficient (Wildman–Crippen LogP) is 6.41. The largest absolute Gasteiger partial charge is 0.481 e. The maximum absolute atomic E-state index is 16.1. The summed E-state index contributed by atoms with van der Waals surface area (Å²) in [6, 6.07) is 12.0. The van der Waals surface area contributed by atoms with Gasteiger partial charge in [-0.25, -0.2) is 18.7 Å². The number of amides is 2. The van der Waals surface area contributed by atoms with Gasteiger partial charge in [-0.2, -0.15) is 13.2 Å². The van der Waals surface area contributed by atoms with Crippen LogP contribution in [-0.2, 0) is 22.2 Å². The van der Waals surface area contributed by atoms with Crippen molar-refractivity contribution in [1.82, 2.24) is 19.8 Å². The van der Waals surface area contributed by atoms with Gasteiger partial charge in [0.15, 0.2) is 0 Å². The van der Waals surface area contributed by atoms with E-state index in [1.807, 2.05) is 59.9 Å². The number of carboxylic acid groups (broad SMARTS) is 1. The number of carboxylic acids is 1. The lowest BCUT2D eigenvalue weighted by Gasteiger charge is -2.44. The van der Waals surface area contributed by atoms with Crippen molar-refractivity contribution in [3.63, 3.8) is 0 Å². The minimum atomic E-state index is -5.00. The monoisotopic (exact) mass is 834 g/mol. The van der Waals surface area contributed by atoms with Gasteiger partial charge in [-0.05, 0) is 81.8 Å². The Morgan fingerprint density at radius 1 is 0.817 bits per heavy atom. The lowest BCUT2D eigenvalue weighted by atomic mass is 9.94. The van der Waals surface area contributed by atoms with Crippen molar-refractivity contribution in [1.29, 1.82) is 0 Å². The van der Waals surface area contributed by atoms with E-state index >= 15 is 4.39 Å². The van der Waals surface area contributed by atoms with Crippen molar-refractivity contribution in [2.24, 2.45) is 5.92 Å². The van der Waals surface area contributed by atoms with Crippen LogP contribution < -0.4 is 20.0 Å².